The van der Waals surface area contributed by atoms with E-state index in [2.05, 4.69) is 35.3 Å². The molecule has 0 aromatic rings. The van der Waals surface area contributed by atoms with Gasteiger partial charge < -0.3 is 14.9 Å². The van der Waals surface area contributed by atoms with Crippen LogP contribution in [-0.2, 0) is 0 Å². The molecule has 1 N–H and O–H groups in total. The van der Waals surface area contributed by atoms with E-state index < -0.39 is 0 Å². The van der Waals surface area contributed by atoms with Gasteiger partial charge in [0.1, 0.15) is 0 Å². The third-order valence-electron chi connectivity index (χ3n) is 2.89. The van der Waals surface area contributed by atoms with Crippen LogP contribution in [0.2, 0.25) is 0 Å². The van der Waals surface area contributed by atoms with Gasteiger partial charge >= 0.3 is 0 Å². The van der Waals surface area contributed by atoms with Crippen LogP contribution < -0.4 is 0 Å². The number of hydrogen-bond acceptors (Lipinski definition) is 3. The number of aliphatic hydroxyl groups excluding tert-OH is 1. The van der Waals surface area contributed by atoms with Gasteiger partial charge in [0.2, 0.25) is 0 Å². The Morgan fingerprint density at radius 1 is 1.36 bits per heavy atom. The maximum Gasteiger partial charge on any atom is 0.0573 e. The summed E-state index contributed by atoms with van der Waals surface area (Å²) in [6.45, 7) is 1.99. The van der Waals surface area contributed by atoms with Gasteiger partial charge in [0.15, 0.2) is 0 Å². The average Bonchev–Trinajstić information content (AvgIpc) is 2.19. The van der Waals surface area contributed by atoms with Crippen molar-refractivity contribution in [1.82, 2.24) is 9.80 Å². The molecule has 14 heavy (non-hydrogen) atoms. The zero-order chi connectivity index (χ0) is 9.97. The number of piperidine rings is 1. The van der Waals surface area contributed by atoms with Gasteiger partial charge in [0.05, 0.1) is 6.10 Å². The topological polar surface area (TPSA) is 26.7 Å². The van der Waals surface area contributed by atoms with Crippen molar-refractivity contribution in [2.24, 2.45) is 0 Å². The van der Waals surface area contributed by atoms with Gasteiger partial charge in [-0.15, -0.1) is 0 Å². The summed E-state index contributed by atoms with van der Waals surface area (Å²) < 4.78 is 0. The summed E-state index contributed by atoms with van der Waals surface area (Å²) in [6, 6.07) is 0. The van der Waals surface area contributed by atoms with Gasteiger partial charge in [0, 0.05) is 38.5 Å². The standard InChI is InChI=1S/C11H18N2O/c1-12-6-2-3-10(9-12)13-7-4-11(14)5-8-13/h2,6,9,11,14H,3-5,7-8H2,1H3. The number of rotatable bonds is 1. The molecule has 2 heterocycles. The summed E-state index contributed by atoms with van der Waals surface area (Å²) in [7, 11) is 2.05. The fraction of sp³-hybridized carbons (Fsp3) is 0.636. The van der Waals surface area contributed by atoms with Crippen LogP contribution >= 0.6 is 0 Å². The Labute approximate surface area is 85.3 Å². The summed E-state index contributed by atoms with van der Waals surface area (Å²) in [4.78, 5) is 4.47. The van der Waals surface area contributed by atoms with E-state index in [9.17, 15) is 5.11 Å². The molecule has 2 rings (SSSR count). The van der Waals surface area contributed by atoms with Crippen LogP contribution in [0.15, 0.2) is 24.2 Å². The van der Waals surface area contributed by atoms with Crippen LogP contribution in [0.1, 0.15) is 19.3 Å². The molecule has 0 saturated carbocycles. The summed E-state index contributed by atoms with van der Waals surface area (Å²) in [5.74, 6) is 0. The summed E-state index contributed by atoms with van der Waals surface area (Å²) in [5.41, 5.74) is 1.38. The molecule has 2 aliphatic heterocycles. The first-order valence-corrected chi connectivity index (χ1v) is 5.28. The Morgan fingerprint density at radius 3 is 2.71 bits per heavy atom. The van der Waals surface area contributed by atoms with E-state index in [1.807, 2.05) is 0 Å². The first kappa shape index (κ1) is 9.59. The van der Waals surface area contributed by atoms with Crippen LogP contribution in [0.4, 0.5) is 0 Å². The molecule has 1 fully saturated rings. The minimum absolute atomic E-state index is 0.0799. The molecule has 3 nitrogen and oxygen atoms in total. The fourth-order valence-corrected chi connectivity index (χ4v) is 2.03. The lowest BCUT2D eigenvalue weighted by molar-refractivity contribution is 0.0954. The van der Waals surface area contributed by atoms with E-state index >= 15 is 0 Å². The van der Waals surface area contributed by atoms with E-state index in [1.54, 1.807) is 0 Å². The van der Waals surface area contributed by atoms with Crippen molar-refractivity contribution < 1.29 is 5.11 Å². The predicted octanol–water partition coefficient (Wildman–Crippen LogP) is 1.13. The highest BCUT2D eigenvalue weighted by molar-refractivity contribution is 5.12. The average molecular weight is 194 g/mol. The molecule has 0 aromatic heterocycles. The van der Waals surface area contributed by atoms with Crippen LogP contribution in [0.3, 0.4) is 0 Å². The number of nitrogens with zero attached hydrogens (tertiary/aromatic N) is 2. The second-order valence-corrected chi connectivity index (χ2v) is 4.09. The van der Waals surface area contributed by atoms with Crippen molar-refractivity contribution in [3.63, 3.8) is 0 Å². The summed E-state index contributed by atoms with van der Waals surface area (Å²) in [5, 5.41) is 9.41. The molecule has 0 amide bonds. The SMILES string of the molecule is CN1C=CCC(N2CCC(O)CC2)=C1. The molecule has 1 saturated heterocycles. The smallest absolute Gasteiger partial charge is 0.0573 e. The van der Waals surface area contributed by atoms with Gasteiger partial charge in [-0.2, -0.15) is 0 Å². The number of aliphatic hydroxyl groups is 1. The highest BCUT2D eigenvalue weighted by Crippen LogP contribution is 2.20. The Bertz CT molecular complexity index is 252. The van der Waals surface area contributed by atoms with Crippen molar-refractivity contribution in [2.45, 2.75) is 25.4 Å². The molecule has 2 aliphatic rings. The largest absolute Gasteiger partial charge is 0.393 e. The molecule has 0 atom stereocenters. The number of allylic oxidation sites excluding steroid dienone is 1. The van der Waals surface area contributed by atoms with E-state index in [0.717, 1.165) is 32.4 Å². The van der Waals surface area contributed by atoms with Gasteiger partial charge in [0.25, 0.3) is 0 Å². The molecule has 0 radical (unpaired) electrons. The molecule has 0 unspecified atom stereocenters. The zero-order valence-corrected chi connectivity index (χ0v) is 8.69. The zero-order valence-electron chi connectivity index (χ0n) is 8.69. The fourth-order valence-electron chi connectivity index (χ4n) is 2.03. The minimum Gasteiger partial charge on any atom is -0.393 e. The lowest BCUT2D eigenvalue weighted by atomic mass is 10.1. The van der Waals surface area contributed by atoms with E-state index in [0.29, 0.717) is 0 Å². The van der Waals surface area contributed by atoms with Gasteiger partial charge in [-0.1, -0.05) is 6.08 Å². The molecule has 0 bridgehead atoms. The van der Waals surface area contributed by atoms with Crippen LogP contribution in [-0.4, -0.2) is 41.1 Å². The van der Waals surface area contributed by atoms with E-state index in [-0.39, 0.29) is 6.10 Å². The molecule has 0 aliphatic carbocycles. The first-order valence-electron chi connectivity index (χ1n) is 5.28. The van der Waals surface area contributed by atoms with Crippen molar-refractivity contribution in [3.05, 3.63) is 24.2 Å². The predicted molar refractivity (Wildman–Crippen MR) is 56.4 cm³/mol. The van der Waals surface area contributed by atoms with Crippen molar-refractivity contribution in [1.29, 1.82) is 0 Å². The van der Waals surface area contributed by atoms with Crippen molar-refractivity contribution in [3.8, 4) is 0 Å². The van der Waals surface area contributed by atoms with Crippen molar-refractivity contribution in [2.75, 3.05) is 20.1 Å². The van der Waals surface area contributed by atoms with Crippen LogP contribution in [0, 0.1) is 0 Å². The third kappa shape index (κ3) is 2.10. The lowest BCUT2D eigenvalue weighted by Gasteiger charge is -2.34. The highest BCUT2D eigenvalue weighted by atomic mass is 16.3. The van der Waals surface area contributed by atoms with Gasteiger partial charge in [-0.25, -0.2) is 0 Å². The Morgan fingerprint density at radius 2 is 2.07 bits per heavy atom. The molecular formula is C11H18N2O. The Balaban J connectivity index is 1.95. The maximum atomic E-state index is 9.41. The van der Waals surface area contributed by atoms with Crippen molar-refractivity contribution >= 4 is 0 Å². The van der Waals surface area contributed by atoms with Crippen LogP contribution in [0.5, 0.6) is 0 Å². The normalized spacial score (nSPS) is 24.0. The molecule has 0 spiro atoms. The first-order chi connectivity index (χ1) is 6.75. The van der Waals surface area contributed by atoms with Crippen LogP contribution in [0.25, 0.3) is 0 Å². The minimum atomic E-state index is -0.0799. The van der Waals surface area contributed by atoms with Gasteiger partial charge in [-0.3, -0.25) is 0 Å². The molecular weight excluding hydrogens is 176 g/mol. The lowest BCUT2D eigenvalue weighted by Crippen LogP contribution is -2.36. The molecule has 0 aromatic carbocycles. The quantitative estimate of drug-likeness (QED) is 0.678. The molecule has 3 heteroatoms. The second kappa shape index (κ2) is 4.05. The number of hydrogen-bond donors (Lipinski definition) is 1. The molecule has 78 valence electrons. The Kier molecular flexibility index (Phi) is 2.77. The maximum absolute atomic E-state index is 9.41. The number of likely N-dealkylation sites (tertiary alicyclic amines) is 1. The monoisotopic (exact) mass is 194 g/mol. The van der Waals surface area contributed by atoms with Gasteiger partial charge in [-0.05, 0) is 19.0 Å². The second-order valence-electron chi connectivity index (χ2n) is 4.09. The Hall–Kier alpha value is -0.960. The highest BCUT2D eigenvalue weighted by Gasteiger charge is 2.19. The summed E-state index contributed by atoms with van der Waals surface area (Å²) in [6.07, 6.45) is 9.21. The van der Waals surface area contributed by atoms with E-state index in [4.69, 9.17) is 0 Å². The summed E-state index contributed by atoms with van der Waals surface area (Å²) >= 11 is 0. The van der Waals surface area contributed by atoms with E-state index in [1.165, 1.54) is 5.70 Å². The third-order valence-corrected chi connectivity index (χ3v) is 2.89.